The van der Waals surface area contributed by atoms with Gasteiger partial charge in [-0.15, -0.1) is 0 Å². The van der Waals surface area contributed by atoms with Crippen molar-refractivity contribution in [2.75, 3.05) is 13.6 Å². The van der Waals surface area contributed by atoms with E-state index in [-0.39, 0.29) is 0 Å². The number of nitrogens with one attached hydrogen (secondary N) is 2. The van der Waals surface area contributed by atoms with Crippen LogP contribution in [0.1, 0.15) is 17.7 Å². The summed E-state index contributed by atoms with van der Waals surface area (Å²) < 4.78 is 0. The summed E-state index contributed by atoms with van der Waals surface area (Å²) in [7, 11) is 1.99. The Morgan fingerprint density at radius 3 is 2.94 bits per heavy atom. The first-order valence-corrected chi connectivity index (χ1v) is 6.01. The fourth-order valence-corrected chi connectivity index (χ4v) is 2.30. The van der Waals surface area contributed by atoms with Gasteiger partial charge in [0.15, 0.2) is 0 Å². The Hall–Kier alpha value is -0.990. The number of hydrogen-bond acceptors (Lipinski definition) is 1. The molecule has 1 aromatic carbocycles. The van der Waals surface area contributed by atoms with Crippen LogP contribution >= 0.6 is 11.6 Å². The van der Waals surface area contributed by atoms with E-state index in [1.165, 1.54) is 16.6 Å². The number of aryl methyl sites for hydroxylation is 2. The average Bonchev–Trinajstić information content (AvgIpc) is 2.55. The van der Waals surface area contributed by atoms with E-state index in [4.69, 9.17) is 11.6 Å². The van der Waals surface area contributed by atoms with Gasteiger partial charge in [-0.1, -0.05) is 17.7 Å². The first-order valence-electron chi connectivity index (χ1n) is 5.63. The molecule has 16 heavy (non-hydrogen) atoms. The zero-order valence-electron chi connectivity index (χ0n) is 9.73. The molecule has 0 fully saturated rings. The van der Waals surface area contributed by atoms with Gasteiger partial charge >= 0.3 is 0 Å². The summed E-state index contributed by atoms with van der Waals surface area (Å²) in [4.78, 5) is 3.39. The molecule has 2 nitrogen and oxygen atoms in total. The van der Waals surface area contributed by atoms with Crippen molar-refractivity contribution in [2.45, 2.75) is 19.8 Å². The number of halogens is 1. The summed E-state index contributed by atoms with van der Waals surface area (Å²) in [6, 6.07) is 6.06. The molecule has 2 aromatic rings. The van der Waals surface area contributed by atoms with Crippen LogP contribution in [0.2, 0.25) is 5.02 Å². The van der Waals surface area contributed by atoms with Crippen molar-refractivity contribution in [1.29, 1.82) is 0 Å². The van der Waals surface area contributed by atoms with Gasteiger partial charge in [-0.3, -0.25) is 0 Å². The lowest BCUT2D eigenvalue weighted by Crippen LogP contribution is -2.08. The minimum absolute atomic E-state index is 0.788. The molecule has 2 rings (SSSR count). The first-order chi connectivity index (χ1) is 7.72. The average molecular weight is 237 g/mol. The van der Waals surface area contributed by atoms with Crippen molar-refractivity contribution in [3.05, 3.63) is 34.5 Å². The molecular formula is C13H17ClN2. The predicted octanol–water partition coefficient (Wildman–Crippen LogP) is 3.28. The zero-order valence-corrected chi connectivity index (χ0v) is 10.5. The van der Waals surface area contributed by atoms with Crippen LogP contribution in [0.15, 0.2) is 18.2 Å². The van der Waals surface area contributed by atoms with Crippen LogP contribution in [0.25, 0.3) is 10.9 Å². The van der Waals surface area contributed by atoms with Crippen molar-refractivity contribution in [2.24, 2.45) is 0 Å². The monoisotopic (exact) mass is 236 g/mol. The van der Waals surface area contributed by atoms with E-state index in [2.05, 4.69) is 23.3 Å². The van der Waals surface area contributed by atoms with Crippen LogP contribution < -0.4 is 5.32 Å². The van der Waals surface area contributed by atoms with Gasteiger partial charge in [0.05, 0.1) is 0 Å². The molecule has 0 amide bonds. The van der Waals surface area contributed by atoms with Crippen molar-refractivity contribution in [3.63, 3.8) is 0 Å². The van der Waals surface area contributed by atoms with Gasteiger partial charge in [0.1, 0.15) is 0 Å². The molecular weight excluding hydrogens is 220 g/mol. The molecule has 0 aliphatic carbocycles. The SMILES string of the molecule is CNCCCc1c(C)[nH]c2cc(Cl)ccc12. The Bertz CT molecular complexity index is 488. The first kappa shape index (κ1) is 11.5. The third-order valence-electron chi connectivity index (χ3n) is 2.94. The van der Waals surface area contributed by atoms with Gasteiger partial charge in [0.25, 0.3) is 0 Å². The number of aromatic amines is 1. The second kappa shape index (κ2) is 4.89. The van der Waals surface area contributed by atoms with E-state index in [0.717, 1.165) is 29.9 Å². The maximum absolute atomic E-state index is 5.98. The lowest BCUT2D eigenvalue weighted by molar-refractivity contribution is 0.725. The van der Waals surface area contributed by atoms with Crippen LogP contribution in [0.4, 0.5) is 0 Å². The van der Waals surface area contributed by atoms with E-state index in [1.54, 1.807) is 0 Å². The summed E-state index contributed by atoms with van der Waals surface area (Å²) in [5, 5.41) is 5.27. The van der Waals surface area contributed by atoms with Crippen LogP contribution in [0, 0.1) is 6.92 Å². The van der Waals surface area contributed by atoms with Gasteiger partial charge in [-0.2, -0.15) is 0 Å². The minimum Gasteiger partial charge on any atom is -0.358 e. The van der Waals surface area contributed by atoms with Gasteiger partial charge in [-0.05, 0) is 51.1 Å². The molecule has 86 valence electrons. The summed E-state index contributed by atoms with van der Waals surface area (Å²) >= 11 is 5.98. The summed E-state index contributed by atoms with van der Waals surface area (Å²) in [6.45, 7) is 3.18. The van der Waals surface area contributed by atoms with Crippen LogP contribution in [0.5, 0.6) is 0 Å². The molecule has 0 radical (unpaired) electrons. The zero-order chi connectivity index (χ0) is 11.5. The molecule has 0 bridgehead atoms. The topological polar surface area (TPSA) is 27.8 Å². The fraction of sp³-hybridized carbons (Fsp3) is 0.385. The van der Waals surface area contributed by atoms with E-state index in [0.29, 0.717) is 0 Å². The number of H-pyrrole nitrogens is 1. The van der Waals surface area contributed by atoms with Crippen molar-refractivity contribution < 1.29 is 0 Å². The van der Waals surface area contributed by atoms with E-state index in [1.807, 2.05) is 19.2 Å². The third kappa shape index (κ3) is 2.23. The highest BCUT2D eigenvalue weighted by Crippen LogP contribution is 2.25. The van der Waals surface area contributed by atoms with E-state index in [9.17, 15) is 0 Å². The molecule has 0 aliphatic heterocycles. The maximum atomic E-state index is 5.98. The molecule has 3 heteroatoms. The second-order valence-corrected chi connectivity index (χ2v) is 4.56. The Kier molecular flexibility index (Phi) is 3.52. The normalized spacial score (nSPS) is 11.2. The molecule has 0 atom stereocenters. The number of fused-ring (bicyclic) bond motifs is 1. The molecule has 0 unspecified atom stereocenters. The summed E-state index contributed by atoms with van der Waals surface area (Å²) in [6.07, 6.45) is 2.27. The largest absolute Gasteiger partial charge is 0.358 e. The van der Waals surface area contributed by atoms with Crippen molar-refractivity contribution in [3.8, 4) is 0 Å². The van der Waals surface area contributed by atoms with Crippen molar-refractivity contribution in [1.82, 2.24) is 10.3 Å². The quantitative estimate of drug-likeness (QED) is 0.784. The van der Waals surface area contributed by atoms with Crippen LogP contribution in [-0.2, 0) is 6.42 Å². The van der Waals surface area contributed by atoms with E-state index < -0.39 is 0 Å². The Morgan fingerprint density at radius 1 is 1.38 bits per heavy atom. The Labute approximate surface area is 101 Å². The minimum atomic E-state index is 0.788. The van der Waals surface area contributed by atoms with Gasteiger partial charge in [0.2, 0.25) is 0 Å². The highest BCUT2D eigenvalue weighted by atomic mass is 35.5. The molecule has 0 saturated heterocycles. The fourth-order valence-electron chi connectivity index (χ4n) is 2.13. The van der Waals surface area contributed by atoms with Gasteiger partial charge in [0, 0.05) is 21.6 Å². The lowest BCUT2D eigenvalue weighted by atomic mass is 10.1. The Morgan fingerprint density at radius 2 is 2.19 bits per heavy atom. The molecule has 0 spiro atoms. The molecule has 0 saturated carbocycles. The second-order valence-electron chi connectivity index (χ2n) is 4.13. The number of hydrogen-bond donors (Lipinski definition) is 2. The van der Waals surface area contributed by atoms with Crippen LogP contribution in [0.3, 0.4) is 0 Å². The number of rotatable bonds is 4. The molecule has 2 N–H and O–H groups in total. The van der Waals surface area contributed by atoms with Crippen LogP contribution in [-0.4, -0.2) is 18.6 Å². The van der Waals surface area contributed by atoms with Crippen molar-refractivity contribution >= 4 is 22.5 Å². The Balaban J connectivity index is 2.32. The summed E-state index contributed by atoms with van der Waals surface area (Å²) in [5.74, 6) is 0. The molecule has 0 aliphatic rings. The predicted molar refractivity (Wildman–Crippen MR) is 70.3 cm³/mol. The van der Waals surface area contributed by atoms with Gasteiger partial charge in [-0.25, -0.2) is 0 Å². The maximum Gasteiger partial charge on any atom is 0.0473 e. The molecule has 1 heterocycles. The lowest BCUT2D eigenvalue weighted by Gasteiger charge is -2.01. The number of aromatic nitrogens is 1. The number of benzene rings is 1. The standard InChI is InChI=1S/C13H17ClN2/c1-9-11(4-3-7-15-2)12-6-5-10(14)8-13(12)16-9/h5-6,8,15-16H,3-4,7H2,1-2H3. The molecule has 1 aromatic heterocycles. The third-order valence-corrected chi connectivity index (χ3v) is 3.17. The smallest absolute Gasteiger partial charge is 0.0473 e. The van der Waals surface area contributed by atoms with Gasteiger partial charge < -0.3 is 10.3 Å². The summed E-state index contributed by atoms with van der Waals surface area (Å²) in [5.41, 5.74) is 3.82. The van der Waals surface area contributed by atoms with E-state index >= 15 is 0 Å². The highest BCUT2D eigenvalue weighted by molar-refractivity contribution is 6.31. The highest BCUT2D eigenvalue weighted by Gasteiger charge is 2.07.